The zero-order chi connectivity index (χ0) is 51.2. The van der Waals surface area contributed by atoms with Crippen LogP contribution in [0.3, 0.4) is 0 Å². The van der Waals surface area contributed by atoms with Gasteiger partial charge in [-0.3, -0.25) is 23.9 Å². The van der Waals surface area contributed by atoms with Gasteiger partial charge in [0.15, 0.2) is 0 Å². The van der Waals surface area contributed by atoms with Gasteiger partial charge in [-0.05, 0) is 124 Å². The van der Waals surface area contributed by atoms with Crippen molar-refractivity contribution >= 4 is 79.3 Å². The van der Waals surface area contributed by atoms with Crippen molar-refractivity contribution in [2.45, 2.75) is 63.1 Å². The molecular weight excluding hydrogens is 1000 g/mol. The first-order chi connectivity index (χ1) is 35.3. The third-order valence-corrected chi connectivity index (χ3v) is 18.4. The molecular formula is C54H60ClN7O8P2S. The summed E-state index contributed by atoms with van der Waals surface area (Å²) >= 11 is 7.97. The van der Waals surface area contributed by atoms with Crippen molar-refractivity contribution in [1.82, 2.24) is 9.47 Å². The highest BCUT2D eigenvalue weighted by Crippen LogP contribution is 2.56. The Balaban J connectivity index is 0.879. The van der Waals surface area contributed by atoms with E-state index in [2.05, 4.69) is 62.7 Å². The number of hydrogen-bond donors (Lipinski definition) is 2. The fraction of sp³-hybridized carbons (Fsp3) is 0.352. The molecule has 0 spiro atoms. The van der Waals surface area contributed by atoms with Crippen LogP contribution in [0.15, 0.2) is 126 Å². The van der Waals surface area contributed by atoms with E-state index in [1.54, 1.807) is 28.6 Å². The van der Waals surface area contributed by atoms with Crippen molar-refractivity contribution in [3.8, 4) is 22.4 Å². The average molecular weight is 1060 g/mol. The summed E-state index contributed by atoms with van der Waals surface area (Å²) < 4.78 is 41.0. The number of anilines is 4. The molecule has 2 atom stereocenters. The lowest BCUT2D eigenvalue weighted by atomic mass is 9.96. The number of nitrogens with one attached hydrogen (secondary N) is 1. The molecule has 9 rings (SSSR count). The molecule has 0 aliphatic carbocycles. The molecule has 0 amide bonds. The highest BCUT2D eigenvalue weighted by atomic mass is 35.5. The van der Waals surface area contributed by atoms with Crippen LogP contribution in [-0.2, 0) is 18.2 Å². The number of aromatic nitrogens is 1. The topological polar surface area (TPSA) is 163 Å². The Labute approximate surface area is 437 Å². The van der Waals surface area contributed by atoms with Crippen molar-refractivity contribution in [3.05, 3.63) is 148 Å². The lowest BCUT2D eigenvalue weighted by Gasteiger charge is -2.37. The molecule has 3 aliphatic heterocycles. The van der Waals surface area contributed by atoms with E-state index in [1.807, 2.05) is 85.8 Å². The number of carboxylic acid groups (broad SMARTS) is 1. The van der Waals surface area contributed by atoms with Crippen LogP contribution in [0.2, 0.25) is 5.02 Å². The van der Waals surface area contributed by atoms with Gasteiger partial charge in [-0.1, -0.05) is 54.1 Å². The largest absolute Gasteiger partial charge is 0.478 e. The number of hydrogen-bond acceptors (Lipinski definition) is 12. The molecule has 0 unspecified atom stereocenters. The summed E-state index contributed by atoms with van der Waals surface area (Å²) in [5.41, 5.74) is 7.15. The number of halogens is 1. The van der Waals surface area contributed by atoms with Gasteiger partial charge >= 0.3 is 22.2 Å². The Morgan fingerprint density at radius 1 is 0.877 bits per heavy atom. The van der Waals surface area contributed by atoms with Gasteiger partial charge < -0.3 is 34.2 Å². The van der Waals surface area contributed by atoms with E-state index in [9.17, 15) is 29.1 Å². The number of nitro groups is 1. The van der Waals surface area contributed by atoms with Gasteiger partial charge in [-0.25, -0.2) is 9.36 Å². The maximum atomic E-state index is 14.9. The maximum Gasteiger partial charge on any atom is 0.338 e. The zero-order valence-corrected chi connectivity index (χ0v) is 44.5. The van der Waals surface area contributed by atoms with Crippen LogP contribution in [0.4, 0.5) is 28.4 Å². The first-order valence-corrected chi connectivity index (χ1v) is 28.4. The number of rotatable bonds is 19. The minimum absolute atomic E-state index is 0.0132. The summed E-state index contributed by atoms with van der Waals surface area (Å²) in [7, 11) is -4.02. The second kappa shape index (κ2) is 23.2. The lowest BCUT2D eigenvalue weighted by Crippen LogP contribution is -2.46. The normalized spacial score (nSPS) is 18.2. The second-order valence-corrected chi connectivity index (χ2v) is 23.1. The Morgan fingerprint density at radius 3 is 2.22 bits per heavy atom. The molecule has 1 aromatic heterocycles. The van der Waals surface area contributed by atoms with E-state index in [0.717, 1.165) is 98.2 Å². The van der Waals surface area contributed by atoms with E-state index in [1.165, 1.54) is 6.07 Å². The SMILES string of the molecule is Cc1c(C(=O)O)c(-c2cccc(N3CCN(c4ccc(N5CCO[P@]5(=O)c5ccc(N[C@H](CCN6CCC(OP=O)CC6)CSc6ccccc6)c([N+](=O)[O-])c5)cc4)CC3)c2)c(-c2ccc(Cl)cc2)n1C(C)C. The summed E-state index contributed by atoms with van der Waals surface area (Å²) in [5.74, 6) is -0.299. The van der Waals surface area contributed by atoms with Gasteiger partial charge in [0.25, 0.3) is 5.69 Å². The van der Waals surface area contributed by atoms with E-state index < -0.39 is 18.4 Å². The first kappa shape index (κ1) is 52.2. The summed E-state index contributed by atoms with van der Waals surface area (Å²) in [6, 6.07) is 38.3. The Morgan fingerprint density at radius 2 is 1.56 bits per heavy atom. The van der Waals surface area contributed by atoms with Crippen molar-refractivity contribution in [3.63, 3.8) is 0 Å². The Kier molecular flexibility index (Phi) is 16.6. The van der Waals surface area contributed by atoms with Gasteiger partial charge in [0.2, 0.25) is 0 Å². The van der Waals surface area contributed by atoms with Crippen LogP contribution in [-0.4, -0.2) is 102 Å². The number of nitro benzene ring substituents is 1. The first-order valence-electron chi connectivity index (χ1n) is 24.7. The van der Waals surface area contributed by atoms with Crippen molar-refractivity contribution in [2.24, 2.45) is 0 Å². The molecule has 0 radical (unpaired) electrons. The monoisotopic (exact) mass is 1060 g/mol. The highest BCUT2D eigenvalue weighted by Gasteiger charge is 2.41. The predicted molar refractivity (Wildman–Crippen MR) is 294 cm³/mol. The highest BCUT2D eigenvalue weighted by molar-refractivity contribution is 7.99. The molecule has 3 saturated heterocycles. The molecule has 15 nitrogen and oxygen atoms in total. The molecule has 6 aromatic rings. The zero-order valence-electron chi connectivity index (χ0n) is 41.1. The van der Waals surface area contributed by atoms with E-state index in [-0.39, 0.29) is 50.0 Å². The van der Waals surface area contributed by atoms with Crippen LogP contribution in [0.1, 0.15) is 55.2 Å². The van der Waals surface area contributed by atoms with E-state index in [4.69, 9.17) is 20.6 Å². The number of nitrogens with zero attached hydrogens (tertiary/aromatic N) is 6. The number of carbonyl (C=O) groups is 1. The number of likely N-dealkylation sites (tertiary alicyclic amines) is 1. The van der Waals surface area contributed by atoms with Crippen LogP contribution in [0.5, 0.6) is 0 Å². The van der Waals surface area contributed by atoms with Crippen LogP contribution < -0.4 is 25.1 Å². The second-order valence-electron chi connectivity index (χ2n) is 18.9. The Bertz CT molecular complexity index is 2970. The van der Waals surface area contributed by atoms with Crippen LogP contribution in [0.25, 0.3) is 22.4 Å². The molecule has 5 aromatic carbocycles. The number of carboxylic acids is 1. The van der Waals surface area contributed by atoms with Gasteiger partial charge in [0, 0.05) is 108 Å². The molecule has 0 bridgehead atoms. The van der Waals surface area contributed by atoms with Gasteiger partial charge in [-0.2, -0.15) is 0 Å². The van der Waals surface area contributed by atoms with Crippen molar-refractivity contribution in [1.29, 1.82) is 0 Å². The minimum atomic E-state index is -3.72. The van der Waals surface area contributed by atoms with Gasteiger partial charge in [0.1, 0.15) is 5.69 Å². The predicted octanol–water partition coefficient (Wildman–Crippen LogP) is 12.3. The summed E-state index contributed by atoms with van der Waals surface area (Å²) in [6.45, 7) is 11.9. The van der Waals surface area contributed by atoms with E-state index in [0.29, 0.717) is 40.0 Å². The van der Waals surface area contributed by atoms with Gasteiger partial charge in [-0.15, -0.1) is 11.8 Å². The molecule has 3 aliphatic rings. The molecule has 4 heterocycles. The fourth-order valence-corrected chi connectivity index (χ4v) is 14.1. The third kappa shape index (κ3) is 11.7. The van der Waals surface area contributed by atoms with Crippen LogP contribution >= 0.6 is 39.6 Å². The molecule has 0 saturated carbocycles. The summed E-state index contributed by atoms with van der Waals surface area (Å²) in [6.07, 6.45) is 2.30. The molecule has 19 heteroatoms. The van der Waals surface area contributed by atoms with Crippen LogP contribution in [0, 0.1) is 17.0 Å². The summed E-state index contributed by atoms with van der Waals surface area (Å²) in [4.78, 5) is 33.3. The molecule has 3 fully saturated rings. The quantitative estimate of drug-likeness (QED) is 0.0341. The summed E-state index contributed by atoms with van der Waals surface area (Å²) in [5, 5.41) is 27.7. The molecule has 2 N–H and O–H groups in total. The average Bonchev–Trinajstić information content (AvgIpc) is 3.96. The third-order valence-electron chi connectivity index (χ3n) is 14.1. The maximum absolute atomic E-state index is 14.9. The smallest absolute Gasteiger partial charge is 0.338 e. The lowest BCUT2D eigenvalue weighted by molar-refractivity contribution is -0.383. The van der Waals surface area contributed by atoms with Gasteiger partial charge in [0.05, 0.1) is 40.7 Å². The van der Waals surface area contributed by atoms with Crippen molar-refractivity contribution < 1.29 is 33.0 Å². The van der Waals surface area contributed by atoms with E-state index >= 15 is 0 Å². The molecule has 73 heavy (non-hydrogen) atoms. The number of benzene rings is 5. The van der Waals surface area contributed by atoms with Crippen molar-refractivity contribution in [2.75, 3.05) is 84.5 Å². The number of piperazine rings is 1. The minimum Gasteiger partial charge on any atom is -0.478 e. The standard InChI is InChI=1S/C54H60ClN7O8P2S/c1-37(2)61-38(3)51(54(63)64)52(53(61)39-12-14-41(55)15-13-39)40-8-7-9-45(34-40)59-30-28-58(29-31-59)43-16-18-44(19-17-43)60-32-33-69-72(60,68)47-20-21-49(50(35-47)62(65)66)56-42(36-73-48-10-5-4-6-11-48)22-25-57-26-23-46(24-27-57)70-71-67/h4-21,34-35,37,42,46,56H,22-33,36H2,1-3H3,(H,63,64)/t42-,72-/m1/s1. The number of thioether (sulfide) groups is 1. The molecule has 382 valence electrons. The fourth-order valence-electron chi connectivity index (χ4n) is 10.4. The number of piperidine rings is 1. The Hall–Kier alpha value is -5.70. The number of aromatic carboxylic acids is 1.